The molecule has 0 saturated carbocycles. The Kier molecular flexibility index (Phi) is 3.85. The molecule has 2 rings (SSSR count). The van der Waals surface area contributed by atoms with Gasteiger partial charge in [0.1, 0.15) is 17.3 Å². The van der Waals surface area contributed by atoms with Crippen molar-refractivity contribution in [2.24, 2.45) is 0 Å². The Morgan fingerprint density at radius 3 is 2.68 bits per heavy atom. The van der Waals surface area contributed by atoms with Gasteiger partial charge in [-0.3, -0.25) is 9.78 Å². The lowest BCUT2D eigenvalue weighted by atomic mass is 10.1. The van der Waals surface area contributed by atoms with E-state index in [1.807, 2.05) is 13.8 Å². The predicted octanol–water partition coefficient (Wildman–Crippen LogP) is 2.63. The molecule has 0 aliphatic heterocycles. The van der Waals surface area contributed by atoms with Crippen LogP contribution in [0.2, 0.25) is 0 Å². The molecule has 0 radical (unpaired) electrons. The first-order chi connectivity index (χ1) is 9.06. The maximum absolute atomic E-state index is 12.8. The van der Waals surface area contributed by atoms with Crippen molar-refractivity contribution in [2.75, 3.05) is 0 Å². The SMILES string of the molecule is CC(C)Oc1cncc(C(=O)c2ccc(F)cn2)c1. The molecule has 4 nitrogen and oxygen atoms in total. The lowest BCUT2D eigenvalue weighted by molar-refractivity contribution is 0.103. The van der Waals surface area contributed by atoms with E-state index in [4.69, 9.17) is 4.74 Å². The summed E-state index contributed by atoms with van der Waals surface area (Å²) in [5, 5.41) is 0. The molecule has 0 aromatic carbocycles. The van der Waals surface area contributed by atoms with Gasteiger partial charge in [-0.15, -0.1) is 0 Å². The largest absolute Gasteiger partial charge is 0.489 e. The molecular formula is C14H13FN2O2. The van der Waals surface area contributed by atoms with Crippen LogP contribution in [0.3, 0.4) is 0 Å². The van der Waals surface area contributed by atoms with Crippen molar-refractivity contribution >= 4 is 5.78 Å². The van der Waals surface area contributed by atoms with Crippen LogP contribution in [0.5, 0.6) is 5.75 Å². The number of nitrogens with zero attached hydrogens (tertiary/aromatic N) is 2. The van der Waals surface area contributed by atoms with Gasteiger partial charge >= 0.3 is 0 Å². The summed E-state index contributed by atoms with van der Waals surface area (Å²) >= 11 is 0. The van der Waals surface area contributed by atoms with Crippen LogP contribution in [-0.4, -0.2) is 21.9 Å². The van der Waals surface area contributed by atoms with Crippen molar-refractivity contribution < 1.29 is 13.9 Å². The van der Waals surface area contributed by atoms with Crippen LogP contribution in [0.25, 0.3) is 0 Å². The second kappa shape index (κ2) is 5.56. The maximum atomic E-state index is 12.8. The predicted molar refractivity (Wildman–Crippen MR) is 67.6 cm³/mol. The lowest BCUT2D eigenvalue weighted by Crippen LogP contribution is -2.08. The minimum Gasteiger partial charge on any atom is -0.489 e. The van der Waals surface area contributed by atoms with Crippen LogP contribution >= 0.6 is 0 Å². The summed E-state index contributed by atoms with van der Waals surface area (Å²) in [7, 11) is 0. The number of carbonyl (C=O) groups excluding carboxylic acids is 1. The highest BCUT2D eigenvalue weighted by molar-refractivity contribution is 6.07. The van der Waals surface area contributed by atoms with E-state index in [0.29, 0.717) is 11.3 Å². The number of halogens is 1. The van der Waals surface area contributed by atoms with Gasteiger partial charge in [0, 0.05) is 11.8 Å². The monoisotopic (exact) mass is 260 g/mol. The number of ether oxygens (including phenoxy) is 1. The van der Waals surface area contributed by atoms with Crippen LogP contribution in [0.1, 0.15) is 29.9 Å². The first-order valence-corrected chi connectivity index (χ1v) is 5.84. The van der Waals surface area contributed by atoms with Crippen molar-refractivity contribution in [1.82, 2.24) is 9.97 Å². The van der Waals surface area contributed by atoms with Gasteiger partial charge in [-0.05, 0) is 32.0 Å². The molecule has 5 heteroatoms. The molecule has 0 unspecified atom stereocenters. The number of aromatic nitrogens is 2. The van der Waals surface area contributed by atoms with E-state index in [-0.39, 0.29) is 17.6 Å². The minimum absolute atomic E-state index is 0.00361. The molecule has 0 saturated heterocycles. The number of ketones is 1. The van der Waals surface area contributed by atoms with Crippen LogP contribution in [0, 0.1) is 5.82 Å². The quantitative estimate of drug-likeness (QED) is 0.793. The first kappa shape index (κ1) is 13.1. The number of hydrogen-bond donors (Lipinski definition) is 0. The maximum Gasteiger partial charge on any atom is 0.213 e. The second-order valence-corrected chi connectivity index (χ2v) is 4.27. The molecule has 0 bridgehead atoms. The third-order valence-electron chi connectivity index (χ3n) is 2.31. The third-order valence-corrected chi connectivity index (χ3v) is 2.31. The number of carbonyl (C=O) groups is 1. The average Bonchev–Trinajstić information content (AvgIpc) is 2.38. The lowest BCUT2D eigenvalue weighted by Gasteiger charge is -2.09. The van der Waals surface area contributed by atoms with Crippen molar-refractivity contribution in [3.63, 3.8) is 0 Å². The Morgan fingerprint density at radius 1 is 1.26 bits per heavy atom. The number of hydrogen-bond acceptors (Lipinski definition) is 4. The average molecular weight is 260 g/mol. The van der Waals surface area contributed by atoms with Crippen LogP contribution in [-0.2, 0) is 0 Å². The minimum atomic E-state index is -0.480. The van der Waals surface area contributed by atoms with Gasteiger partial charge in [0.2, 0.25) is 5.78 Å². The second-order valence-electron chi connectivity index (χ2n) is 4.27. The van der Waals surface area contributed by atoms with Gasteiger partial charge in [0.15, 0.2) is 0 Å². The van der Waals surface area contributed by atoms with E-state index < -0.39 is 5.82 Å². The van der Waals surface area contributed by atoms with Gasteiger partial charge in [-0.1, -0.05) is 0 Å². The van der Waals surface area contributed by atoms with Crippen LogP contribution in [0.4, 0.5) is 4.39 Å². The normalized spacial score (nSPS) is 10.5. The Bertz CT molecular complexity index is 582. The molecule has 0 atom stereocenters. The smallest absolute Gasteiger partial charge is 0.213 e. The third kappa shape index (κ3) is 3.34. The Morgan fingerprint density at radius 2 is 2.05 bits per heavy atom. The molecule has 0 spiro atoms. The molecule has 98 valence electrons. The fraction of sp³-hybridized carbons (Fsp3) is 0.214. The summed E-state index contributed by atoms with van der Waals surface area (Å²) in [5.74, 6) is -0.281. The van der Waals surface area contributed by atoms with E-state index in [2.05, 4.69) is 9.97 Å². The molecule has 2 aromatic heterocycles. The number of pyridine rings is 2. The van der Waals surface area contributed by atoms with Gasteiger partial charge in [0.05, 0.1) is 18.5 Å². The first-order valence-electron chi connectivity index (χ1n) is 5.84. The Balaban J connectivity index is 2.26. The van der Waals surface area contributed by atoms with Crippen molar-refractivity contribution in [1.29, 1.82) is 0 Å². The molecule has 0 aliphatic rings. The number of rotatable bonds is 4. The van der Waals surface area contributed by atoms with E-state index in [1.54, 1.807) is 6.07 Å². The highest BCUT2D eigenvalue weighted by atomic mass is 19.1. The van der Waals surface area contributed by atoms with Gasteiger partial charge in [-0.2, -0.15) is 0 Å². The van der Waals surface area contributed by atoms with E-state index in [0.717, 1.165) is 6.20 Å². The molecule has 0 aliphatic carbocycles. The molecular weight excluding hydrogens is 247 g/mol. The zero-order valence-corrected chi connectivity index (χ0v) is 10.6. The van der Waals surface area contributed by atoms with Crippen LogP contribution in [0.15, 0.2) is 36.8 Å². The summed E-state index contributed by atoms with van der Waals surface area (Å²) in [5.41, 5.74) is 0.530. The van der Waals surface area contributed by atoms with E-state index >= 15 is 0 Å². The summed E-state index contributed by atoms with van der Waals surface area (Å²) in [4.78, 5) is 19.8. The topological polar surface area (TPSA) is 52.1 Å². The zero-order valence-electron chi connectivity index (χ0n) is 10.6. The van der Waals surface area contributed by atoms with E-state index in [1.165, 1.54) is 24.5 Å². The summed E-state index contributed by atoms with van der Waals surface area (Å²) < 4.78 is 18.2. The molecule has 2 aromatic rings. The molecule has 0 N–H and O–H groups in total. The summed E-state index contributed by atoms with van der Waals surface area (Å²) in [6.45, 7) is 3.77. The summed E-state index contributed by atoms with van der Waals surface area (Å²) in [6, 6.07) is 4.14. The van der Waals surface area contributed by atoms with Gasteiger partial charge in [-0.25, -0.2) is 9.37 Å². The zero-order chi connectivity index (χ0) is 13.8. The standard InChI is InChI=1S/C14H13FN2O2/c1-9(2)19-12-5-10(6-16-8-12)14(18)13-4-3-11(15)7-17-13/h3-9H,1-2H3. The highest BCUT2D eigenvalue weighted by Crippen LogP contribution is 2.15. The molecule has 2 heterocycles. The van der Waals surface area contributed by atoms with Crippen molar-refractivity contribution in [2.45, 2.75) is 20.0 Å². The fourth-order valence-corrected chi connectivity index (χ4v) is 1.54. The van der Waals surface area contributed by atoms with Crippen LogP contribution < -0.4 is 4.74 Å². The van der Waals surface area contributed by atoms with Crippen molar-refractivity contribution in [3.8, 4) is 5.75 Å². The fourth-order valence-electron chi connectivity index (χ4n) is 1.54. The highest BCUT2D eigenvalue weighted by Gasteiger charge is 2.12. The van der Waals surface area contributed by atoms with Gasteiger partial charge < -0.3 is 4.74 Å². The Labute approximate surface area is 110 Å². The van der Waals surface area contributed by atoms with E-state index in [9.17, 15) is 9.18 Å². The van der Waals surface area contributed by atoms with Crippen molar-refractivity contribution in [3.05, 3.63) is 53.9 Å². The van der Waals surface area contributed by atoms with Gasteiger partial charge in [0.25, 0.3) is 0 Å². The molecule has 19 heavy (non-hydrogen) atoms. The Hall–Kier alpha value is -2.30. The molecule has 0 amide bonds. The molecule has 0 fully saturated rings. The summed E-state index contributed by atoms with van der Waals surface area (Å²) in [6.07, 6.45) is 3.97.